The zero-order valence-corrected chi connectivity index (χ0v) is 20.9. The van der Waals surface area contributed by atoms with Crippen molar-refractivity contribution in [2.45, 2.75) is 65.5 Å². The third-order valence-electron chi connectivity index (χ3n) is 7.43. The Morgan fingerprint density at radius 2 is 1.10 bits per heavy atom. The van der Waals surface area contributed by atoms with E-state index in [4.69, 9.17) is 0 Å². The van der Waals surface area contributed by atoms with Gasteiger partial charge in [-0.15, -0.1) is 0 Å². The molecule has 0 fully saturated rings. The van der Waals surface area contributed by atoms with E-state index in [2.05, 4.69) is 95.8 Å². The molecule has 1 aromatic rings. The number of benzene rings is 1. The van der Waals surface area contributed by atoms with Crippen LogP contribution in [0, 0.1) is 0 Å². The second-order valence-electron chi connectivity index (χ2n) is 8.87. The van der Waals surface area contributed by atoms with Gasteiger partial charge in [-0.25, -0.2) is 0 Å². The van der Waals surface area contributed by atoms with E-state index in [1.807, 2.05) is 0 Å². The van der Waals surface area contributed by atoms with Crippen LogP contribution in [-0.4, -0.2) is 37.2 Å². The molecular formula is C16H35Si5. The van der Waals surface area contributed by atoms with Crippen LogP contribution in [0.3, 0.4) is 0 Å². The standard InChI is InChI=1S/C16H35Si5/c1-17(2)19(5,6)21(9,10)20(7,8)18(3,4)16-14-12-11-13-15-16/h11-15H,1-10H3. The molecule has 0 nitrogen and oxygen atoms in total. The fourth-order valence-corrected chi connectivity index (χ4v) is 101. The van der Waals surface area contributed by atoms with Gasteiger partial charge in [0.2, 0.25) is 0 Å². The van der Waals surface area contributed by atoms with Gasteiger partial charge >= 0.3 is 0 Å². The van der Waals surface area contributed by atoms with E-state index in [-0.39, 0.29) is 8.31 Å². The van der Waals surface area contributed by atoms with Crippen LogP contribution in [0.2, 0.25) is 65.5 Å². The van der Waals surface area contributed by atoms with E-state index in [0.717, 1.165) is 0 Å². The minimum atomic E-state index is -1.35. The highest BCUT2D eigenvalue weighted by molar-refractivity contribution is 7.90. The molecule has 0 bridgehead atoms. The first-order chi connectivity index (χ1) is 9.30. The fraction of sp³-hybridized carbons (Fsp3) is 0.625. The van der Waals surface area contributed by atoms with Gasteiger partial charge in [-0.1, -0.05) is 101 Å². The second-order valence-corrected chi connectivity index (χ2v) is 58.2. The van der Waals surface area contributed by atoms with Gasteiger partial charge < -0.3 is 0 Å². The molecule has 0 aliphatic carbocycles. The highest BCUT2D eigenvalue weighted by Crippen LogP contribution is 2.36. The molecule has 0 atom stereocenters. The zero-order chi connectivity index (χ0) is 16.7. The Hall–Kier alpha value is 0.304. The van der Waals surface area contributed by atoms with Crippen molar-refractivity contribution in [2.75, 3.05) is 0 Å². The minimum absolute atomic E-state index is 0.134. The molecule has 0 saturated heterocycles. The quantitative estimate of drug-likeness (QED) is 0.656. The summed E-state index contributed by atoms with van der Waals surface area (Å²) in [7, 11) is -4.92. The van der Waals surface area contributed by atoms with Gasteiger partial charge in [-0.2, -0.15) is 0 Å². The minimum Gasteiger partial charge on any atom is -0.0735 e. The molecular weight excluding hydrogens is 333 g/mol. The SMILES string of the molecule is C[Si](C)[Si](C)(C)[Si](C)(C)[Si](C)(C)[Si](C)(C)c1ccccc1. The molecule has 0 heterocycles. The zero-order valence-electron chi connectivity index (χ0n) is 15.9. The molecule has 21 heavy (non-hydrogen) atoms. The van der Waals surface area contributed by atoms with Crippen molar-refractivity contribution in [3.63, 3.8) is 0 Å². The van der Waals surface area contributed by atoms with Crippen LogP contribution in [0.5, 0.6) is 0 Å². The summed E-state index contributed by atoms with van der Waals surface area (Å²) in [6.45, 7) is 27.1. The van der Waals surface area contributed by atoms with E-state index in [1.54, 1.807) is 5.19 Å². The van der Waals surface area contributed by atoms with Gasteiger partial charge in [0.05, 0.1) is 7.59 Å². The Bertz CT molecular complexity index is 475. The predicted octanol–water partition coefficient (Wildman–Crippen LogP) is 4.80. The van der Waals surface area contributed by atoms with Crippen LogP contribution < -0.4 is 5.19 Å². The molecule has 0 aromatic heterocycles. The molecule has 0 saturated carbocycles. The molecule has 0 amide bonds. The van der Waals surface area contributed by atoms with Crippen LogP contribution in [0.1, 0.15) is 0 Å². The maximum absolute atomic E-state index is 2.78. The molecule has 0 aliphatic rings. The summed E-state index contributed by atoms with van der Waals surface area (Å²) in [5.74, 6) is 0. The Morgan fingerprint density at radius 3 is 1.48 bits per heavy atom. The summed E-state index contributed by atoms with van der Waals surface area (Å²) in [6, 6.07) is 11.5. The summed E-state index contributed by atoms with van der Waals surface area (Å²) in [4.78, 5) is 0. The van der Waals surface area contributed by atoms with Crippen LogP contribution >= 0.6 is 0 Å². The van der Waals surface area contributed by atoms with Crippen LogP contribution in [-0.2, 0) is 0 Å². The van der Waals surface area contributed by atoms with Gasteiger partial charge in [0.25, 0.3) is 0 Å². The van der Waals surface area contributed by atoms with Crippen LogP contribution in [0.15, 0.2) is 30.3 Å². The van der Waals surface area contributed by atoms with Crippen molar-refractivity contribution in [3.05, 3.63) is 30.3 Å². The van der Waals surface area contributed by atoms with Gasteiger partial charge in [0, 0.05) is 29.6 Å². The summed E-state index contributed by atoms with van der Waals surface area (Å²) in [6.07, 6.45) is 0. The topological polar surface area (TPSA) is 0 Å². The average Bonchev–Trinajstić information content (AvgIpc) is 2.38. The van der Waals surface area contributed by atoms with Crippen molar-refractivity contribution in [2.24, 2.45) is 0 Å². The van der Waals surface area contributed by atoms with Crippen molar-refractivity contribution in [1.82, 2.24) is 0 Å². The first-order valence-electron chi connectivity index (χ1n) is 8.16. The summed E-state index contributed by atoms with van der Waals surface area (Å²) in [5, 5.41) is 1.70. The van der Waals surface area contributed by atoms with Gasteiger partial charge in [0.1, 0.15) is 0 Å². The molecule has 0 N–H and O–H groups in total. The van der Waals surface area contributed by atoms with Crippen LogP contribution in [0.25, 0.3) is 0 Å². The molecule has 0 spiro atoms. The van der Waals surface area contributed by atoms with Crippen molar-refractivity contribution >= 4 is 42.4 Å². The molecule has 1 radical (unpaired) electrons. The van der Waals surface area contributed by atoms with Crippen molar-refractivity contribution in [3.8, 4) is 0 Å². The van der Waals surface area contributed by atoms with Crippen LogP contribution in [0.4, 0.5) is 0 Å². The molecule has 0 unspecified atom stereocenters. The molecule has 119 valence electrons. The number of hydrogen-bond acceptors (Lipinski definition) is 0. The van der Waals surface area contributed by atoms with E-state index >= 15 is 0 Å². The van der Waals surface area contributed by atoms with E-state index in [9.17, 15) is 0 Å². The van der Waals surface area contributed by atoms with E-state index < -0.39 is 28.9 Å². The fourth-order valence-electron chi connectivity index (χ4n) is 3.40. The normalized spacial score (nSPS) is 14.6. The van der Waals surface area contributed by atoms with Gasteiger partial charge in [-0.05, 0) is 0 Å². The van der Waals surface area contributed by atoms with E-state index in [1.165, 1.54) is 0 Å². The van der Waals surface area contributed by atoms with Gasteiger partial charge in [0.15, 0.2) is 0 Å². The smallest absolute Gasteiger partial charge is 0.0711 e. The average molecular weight is 368 g/mol. The maximum atomic E-state index is 2.78. The molecule has 1 rings (SSSR count). The first-order valence-corrected chi connectivity index (χ1v) is 26.7. The Labute approximate surface area is 138 Å². The lowest BCUT2D eigenvalue weighted by atomic mass is 10.4. The highest BCUT2D eigenvalue weighted by atomic mass is 29.9. The Kier molecular flexibility index (Phi) is 5.59. The Balaban J connectivity index is 3.39. The molecule has 5 heteroatoms. The third kappa shape index (κ3) is 3.04. The van der Waals surface area contributed by atoms with Crippen molar-refractivity contribution in [1.29, 1.82) is 0 Å². The highest BCUT2D eigenvalue weighted by Gasteiger charge is 2.59. The second kappa shape index (κ2) is 6.07. The van der Waals surface area contributed by atoms with Crippen molar-refractivity contribution < 1.29 is 0 Å². The largest absolute Gasteiger partial charge is 0.0735 e. The lowest BCUT2D eigenvalue weighted by Gasteiger charge is -2.56. The lowest BCUT2D eigenvalue weighted by molar-refractivity contribution is 1.70. The Morgan fingerprint density at radius 1 is 0.667 bits per heavy atom. The monoisotopic (exact) mass is 367 g/mol. The molecule has 0 aliphatic heterocycles. The number of rotatable bonds is 5. The maximum Gasteiger partial charge on any atom is 0.0711 e. The molecule has 1 aromatic carbocycles. The predicted molar refractivity (Wildman–Crippen MR) is 113 cm³/mol. The summed E-state index contributed by atoms with van der Waals surface area (Å²) >= 11 is 0. The third-order valence-corrected chi connectivity index (χ3v) is 94.7. The summed E-state index contributed by atoms with van der Waals surface area (Å²) in [5.41, 5.74) is 0. The number of hydrogen-bond donors (Lipinski definition) is 0. The first kappa shape index (κ1) is 19.4. The van der Waals surface area contributed by atoms with E-state index in [0.29, 0.717) is 0 Å². The van der Waals surface area contributed by atoms with Gasteiger partial charge in [-0.3, -0.25) is 0 Å². The summed E-state index contributed by atoms with van der Waals surface area (Å²) < 4.78 is 0. The lowest BCUT2D eigenvalue weighted by Crippen LogP contribution is -2.84.